The van der Waals surface area contributed by atoms with Crippen molar-refractivity contribution in [3.8, 4) is 0 Å². The third kappa shape index (κ3) is 3.59. The number of aryl methyl sites for hydroxylation is 2. The molecule has 0 bridgehead atoms. The van der Waals surface area contributed by atoms with E-state index in [-0.39, 0.29) is 18.3 Å². The predicted octanol–water partition coefficient (Wildman–Crippen LogP) is 2.02. The monoisotopic (exact) mass is 328 g/mol. The third-order valence-corrected chi connectivity index (χ3v) is 4.24. The molecule has 0 radical (unpaired) electrons. The summed E-state index contributed by atoms with van der Waals surface area (Å²) < 4.78 is 13.1. The highest BCUT2D eigenvalue weighted by Crippen LogP contribution is 2.20. The van der Waals surface area contributed by atoms with Gasteiger partial charge in [-0.05, 0) is 56.6 Å². The minimum atomic E-state index is -0.486. The number of hydrogen-bond acceptors (Lipinski definition) is 4. The van der Waals surface area contributed by atoms with Crippen LogP contribution in [-0.4, -0.2) is 34.9 Å². The van der Waals surface area contributed by atoms with Crippen molar-refractivity contribution < 1.29 is 9.18 Å². The molecule has 3 rings (SSSR count). The summed E-state index contributed by atoms with van der Waals surface area (Å²) in [6.07, 6.45) is 5.00. The van der Waals surface area contributed by atoms with Gasteiger partial charge in [-0.2, -0.15) is 0 Å². The first-order valence-corrected chi connectivity index (χ1v) is 8.08. The number of amides is 1. The van der Waals surface area contributed by atoms with Crippen LogP contribution in [0, 0.1) is 5.82 Å². The second-order valence-electron chi connectivity index (χ2n) is 6.25. The zero-order chi connectivity index (χ0) is 17.1. The molecule has 0 spiro atoms. The largest absolute Gasteiger partial charge is 0.347 e. The Morgan fingerprint density at radius 1 is 1.29 bits per heavy atom. The maximum Gasteiger partial charge on any atom is 0.242 e. The third-order valence-electron chi connectivity index (χ3n) is 4.24. The van der Waals surface area contributed by atoms with E-state index in [2.05, 4.69) is 15.3 Å². The van der Waals surface area contributed by atoms with Crippen LogP contribution in [0.2, 0.25) is 0 Å². The van der Waals surface area contributed by atoms with Crippen LogP contribution in [0.5, 0.6) is 0 Å². The summed E-state index contributed by atoms with van der Waals surface area (Å²) in [6, 6.07) is 5.50. The molecule has 5 nitrogen and oxygen atoms in total. The molecule has 6 heteroatoms. The van der Waals surface area contributed by atoms with Gasteiger partial charge >= 0.3 is 0 Å². The molecule has 1 aromatic carbocycles. The van der Waals surface area contributed by atoms with Crippen molar-refractivity contribution in [3.05, 3.63) is 58.9 Å². The van der Waals surface area contributed by atoms with Gasteiger partial charge in [-0.25, -0.2) is 14.4 Å². The van der Waals surface area contributed by atoms with E-state index in [0.717, 1.165) is 30.5 Å². The molecule has 126 valence electrons. The molecule has 2 aromatic rings. The number of hydrogen-bond donors (Lipinski definition) is 1. The Morgan fingerprint density at radius 2 is 2.04 bits per heavy atom. The number of likely N-dealkylation sites (N-methyl/N-ethyl adjacent to an activating group) is 1. The first kappa shape index (κ1) is 16.5. The van der Waals surface area contributed by atoms with Crippen LogP contribution in [-0.2, 0) is 24.2 Å². The fourth-order valence-electron chi connectivity index (χ4n) is 3.03. The van der Waals surface area contributed by atoms with E-state index in [9.17, 15) is 9.18 Å². The summed E-state index contributed by atoms with van der Waals surface area (Å²) in [5.74, 6) is 0.152. The summed E-state index contributed by atoms with van der Waals surface area (Å²) in [5, 5.41) is 2.89. The van der Waals surface area contributed by atoms with Gasteiger partial charge in [0, 0.05) is 11.9 Å². The molecule has 0 saturated carbocycles. The fraction of sp³-hybridized carbons (Fsp3) is 0.389. The van der Waals surface area contributed by atoms with E-state index < -0.39 is 6.04 Å². The Labute approximate surface area is 140 Å². The standard InChI is InChI=1S/C18H21FN4O/c1-23(2)17(12-6-8-14(19)9-7-12)18(24)21-11-16-20-10-13-4-3-5-15(13)22-16/h6-10,17H,3-5,11H2,1-2H3,(H,21,24)/t17-/m1/s1. The van der Waals surface area contributed by atoms with Gasteiger partial charge in [-0.15, -0.1) is 0 Å². The molecule has 1 aromatic heterocycles. The molecule has 1 aliphatic carbocycles. The molecule has 0 fully saturated rings. The molecule has 1 aliphatic rings. The number of benzene rings is 1. The van der Waals surface area contributed by atoms with Gasteiger partial charge in [0.25, 0.3) is 0 Å². The highest BCUT2D eigenvalue weighted by molar-refractivity contribution is 5.83. The van der Waals surface area contributed by atoms with Crippen LogP contribution >= 0.6 is 0 Å². The van der Waals surface area contributed by atoms with E-state index in [1.165, 1.54) is 17.7 Å². The highest BCUT2D eigenvalue weighted by atomic mass is 19.1. The Morgan fingerprint density at radius 3 is 2.75 bits per heavy atom. The number of fused-ring (bicyclic) bond motifs is 1. The molecule has 1 heterocycles. The van der Waals surface area contributed by atoms with Gasteiger partial charge in [-0.3, -0.25) is 9.69 Å². The van der Waals surface area contributed by atoms with Crippen LogP contribution in [0.25, 0.3) is 0 Å². The number of nitrogens with zero attached hydrogens (tertiary/aromatic N) is 3. The summed E-state index contributed by atoms with van der Waals surface area (Å²) in [6.45, 7) is 0.289. The Hall–Kier alpha value is -2.34. The molecule has 1 N–H and O–H groups in total. The van der Waals surface area contributed by atoms with Crippen LogP contribution < -0.4 is 5.32 Å². The first-order chi connectivity index (χ1) is 11.5. The van der Waals surface area contributed by atoms with E-state index in [1.54, 1.807) is 17.0 Å². The van der Waals surface area contributed by atoms with Crippen molar-refractivity contribution in [1.82, 2.24) is 20.2 Å². The first-order valence-electron chi connectivity index (χ1n) is 8.08. The fourth-order valence-corrected chi connectivity index (χ4v) is 3.03. The lowest BCUT2D eigenvalue weighted by molar-refractivity contribution is -0.126. The average Bonchev–Trinajstić information content (AvgIpc) is 3.02. The molecule has 24 heavy (non-hydrogen) atoms. The lowest BCUT2D eigenvalue weighted by Crippen LogP contribution is -2.37. The molecular formula is C18H21FN4O. The smallest absolute Gasteiger partial charge is 0.242 e. The lowest BCUT2D eigenvalue weighted by atomic mass is 10.1. The summed E-state index contributed by atoms with van der Waals surface area (Å²) in [5.41, 5.74) is 3.05. The number of carbonyl (C=O) groups excluding carboxylic acids is 1. The molecular weight excluding hydrogens is 307 g/mol. The van der Waals surface area contributed by atoms with E-state index >= 15 is 0 Å². The molecule has 0 aliphatic heterocycles. The molecule has 0 unspecified atom stereocenters. The van der Waals surface area contributed by atoms with Gasteiger partial charge in [-0.1, -0.05) is 12.1 Å². The van der Waals surface area contributed by atoms with Gasteiger partial charge in [0.1, 0.15) is 17.7 Å². The SMILES string of the molecule is CN(C)[C@@H](C(=O)NCc1ncc2c(n1)CCC2)c1ccc(F)cc1. The van der Waals surface area contributed by atoms with Crippen molar-refractivity contribution >= 4 is 5.91 Å². The molecule has 1 atom stereocenters. The lowest BCUT2D eigenvalue weighted by Gasteiger charge is -2.23. The van der Waals surface area contributed by atoms with Crippen molar-refractivity contribution in [1.29, 1.82) is 0 Å². The van der Waals surface area contributed by atoms with Gasteiger partial charge in [0.05, 0.1) is 6.54 Å². The van der Waals surface area contributed by atoms with Crippen molar-refractivity contribution in [3.63, 3.8) is 0 Å². The second-order valence-corrected chi connectivity index (χ2v) is 6.25. The zero-order valence-electron chi connectivity index (χ0n) is 13.9. The normalized spacial score (nSPS) is 14.5. The Bertz CT molecular complexity index is 730. The van der Waals surface area contributed by atoms with Crippen molar-refractivity contribution in [2.24, 2.45) is 0 Å². The maximum atomic E-state index is 13.1. The topological polar surface area (TPSA) is 58.1 Å². The van der Waals surface area contributed by atoms with Crippen molar-refractivity contribution in [2.75, 3.05) is 14.1 Å². The predicted molar refractivity (Wildman–Crippen MR) is 88.7 cm³/mol. The van der Waals surface area contributed by atoms with Gasteiger partial charge in [0.2, 0.25) is 5.91 Å². The van der Waals surface area contributed by atoms with Gasteiger partial charge in [0.15, 0.2) is 0 Å². The van der Waals surface area contributed by atoms with Crippen molar-refractivity contribution in [2.45, 2.75) is 31.8 Å². The second kappa shape index (κ2) is 7.05. The zero-order valence-corrected chi connectivity index (χ0v) is 13.9. The summed E-state index contributed by atoms with van der Waals surface area (Å²) >= 11 is 0. The van der Waals surface area contributed by atoms with Crippen LogP contribution in [0.4, 0.5) is 4.39 Å². The highest BCUT2D eigenvalue weighted by Gasteiger charge is 2.23. The van der Waals surface area contributed by atoms with Crippen LogP contribution in [0.3, 0.4) is 0 Å². The van der Waals surface area contributed by atoms with Gasteiger partial charge < -0.3 is 5.32 Å². The number of aromatic nitrogens is 2. The molecule has 1 amide bonds. The Balaban J connectivity index is 1.68. The van der Waals surface area contributed by atoms with E-state index in [4.69, 9.17) is 0 Å². The summed E-state index contributed by atoms with van der Waals surface area (Å²) in [4.78, 5) is 23.2. The van der Waals surface area contributed by atoms with E-state index in [1.807, 2.05) is 20.3 Å². The maximum absolute atomic E-state index is 13.1. The number of halogens is 1. The Kier molecular flexibility index (Phi) is 4.85. The minimum Gasteiger partial charge on any atom is -0.347 e. The minimum absolute atomic E-state index is 0.157. The van der Waals surface area contributed by atoms with Crippen LogP contribution in [0.1, 0.15) is 35.1 Å². The number of carbonyl (C=O) groups is 1. The van der Waals surface area contributed by atoms with E-state index in [0.29, 0.717) is 5.82 Å². The quantitative estimate of drug-likeness (QED) is 0.912. The average molecular weight is 328 g/mol. The number of rotatable bonds is 5. The van der Waals surface area contributed by atoms with Crippen LogP contribution in [0.15, 0.2) is 30.5 Å². The molecule has 0 saturated heterocycles. The number of nitrogens with one attached hydrogen (secondary N) is 1. The summed E-state index contributed by atoms with van der Waals surface area (Å²) in [7, 11) is 3.64.